The van der Waals surface area contributed by atoms with Crippen molar-refractivity contribution in [3.05, 3.63) is 29.6 Å². The van der Waals surface area contributed by atoms with Gasteiger partial charge in [0, 0.05) is 19.3 Å². The third kappa shape index (κ3) is 3.60. The standard InChI is InChI=1S/C16H22N2O3/c1-16(2,3)12-6-8-18(9-7-12)14(19)11-4-5-13(15(20)21)17-10-11/h4-5,10,12H,6-9H2,1-3H3,(H,20,21). The minimum Gasteiger partial charge on any atom is -0.477 e. The predicted octanol–water partition coefficient (Wildman–Crippen LogP) is 2.68. The van der Waals surface area contributed by atoms with Gasteiger partial charge in [-0.1, -0.05) is 20.8 Å². The Kier molecular flexibility index (Phi) is 4.30. The van der Waals surface area contributed by atoms with Crippen LogP contribution in [0.3, 0.4) is 0 Å². The average molecular weight is 290 g/mol. The monoisotopic (exact) mass is 290 g/mol. The Morgan fingerprint density at radius 2 is 1.86 bits per heavy atom. The molecule has 1 saturated heterocycles. The van der Waals surface area contributed by atoms with Gasteiger partial charge in [-0.15, -0.1) is 0 Å². The molecule has 1 amide bonds. The summed E-state index contributed by atoms with van der Waals surface area (Å²) in [6, 6.07) is 2.91. The van der Waals surface area contributed by atoms with Gasteiger partial charge in [0.15, 0.2) is 0 Å². The third-order valence-corrected chi connectivity index (χ3v) is 4.24. The second-order valence-electron chi connectivity index (χ2n) is 6.67. The van der Waals surface area contributed by atoms with E-state index in [-0.39, 0.29) is 17.0 Å². The summed E-state index contributed by atoms with van der Waals surface area (Å²) in [4.78, 5) is 28.8. The van der Waals surface area contributed by atoms with Crippen molar-refractivity contribution in [3.8, 4) is 0 Å². The number of aromatic carboxylic acids is 1. The molecule has 114 valence electrons. The van der Waals surface area contributed by atoms with E-state index in [2.05, 4.69) is 25.8 Å². The van der Waals surface area contributed by atoms with E-state index < -0.39 is 5.97 Å². The molecular weight excluding hydrogens is 268 g/mol. The largest absolute Gasteiger partial charge is 0.477 e. The zero-order chi connectivity index (χ0) is 15.6. The van der Waals surface area contributed by atoms with Crippen molar-refractivity contribution in [3.63, 3.8) is 0 Å². The summed E-state index contributed by atoms with van der Waals surface area (Å²) in [6.45, 7) is 8.22. The number of piperidine rings is 1. The van der Waals surface area contributed by atoms with E-state index in [9.17, 15) is 9.59 Å². The van der Waals surface area contributed by atoms with Crippen LogP contribution in [0.2, 0.25) is 0 Å². The number of carboxylic acid groups (broad SMARTS) is 1. The number of aromatic nitrogens is 1. The fourth-order valence-electron chi connectivity index (χ4n) is 2.78. The summed E-state index contributed by atoms with van der Waals surface area (Å²) < 4.78 is 0. The molecular formula is C16H22N2O3. The zero-order valence-electron chi connectivity index (χ0n) is 12.8. The van der Waals surface area contributed by atoms with E-state index in [1.165, 1.54) is 18.3 Å². The molecule has 0 atom stereocenters. The number of amides is 1. The van der Waals surface area contributed by atoms with Gasteiger partial charge in [-0.2, -0.15) is 0 Å². The topological polar surface area (TPSA) is 70.5 Å². The number of hydrogen-bond acceptors (Lipinski definition) is 3. The van der Waals surface area contributed by atoms with Gasteiger partial charge in [-0.3, -0.25) is 4.79 Å². The van der Waals surface area contributed by atoms with Gasteiger partial charge in [-0.05, 0) is 36.3 Å². The van der Waals surface area contributed by atoms with Crippen LogP contribution in [0.4, 0.5) is 0 Å². The molecule has 21 heavy (non-hydrogen) atoms. The molecule has 1 N–H and O–H groups in total. The van der Waals surface area contributed by atoms with E-state index in [1.54, 1.807) is 0 Å². The first kappa shape index (κ1) is 15.5. The maximum atomic E-state index is 12.4. The quantitative estimate of drug-likeness (QED) is 0.909. The molecule has 1 aliphatic rings. The Morgan fingerprint density at radius 3 is 2.29 bits per heavy atom. The Balaban J connectivity index is 2.00. The maximum absolute atomic E-state index is 12.4. The second kappa shape index (κ2) is 5.84. The lowest BCUT2D eigenvalue weighted by atomic mass is 9.75. The Morgan fingerprint density at radius 1 is 1.24 bits per heavy atom. The molecule has 0 unspecified atom stereocenters. The van der Waals surface area contributed by atoms with Crippen LogP contribution in [0.5, 0.6) is 0 Å². The van der Waals surface area contributed by atoms with Crippen molar-refractivity contribution in [1.82, 2.24) is 9.88 Å². The van der Waals surface area contributed by atoms with E-state index in [0.717, 1.165) is 25.9 Å². The number of nitrogens with zero attached hydrogens (tertiary/aromatic N) is 2. The van der Waals surface area contributed by atoms with E-state index >= 15 is 0 Å². The van der Waals surface area contributed by atoms with Crippen molar-refractivity contribution in [1.29, 1.82) is 0 Å². The van der Waals surface area contributed by atoms with E-state index in [1.807, 2.05) is 4.90 Å². The lowest BCUT2D eigenvalue weighted by molar-refractivity contribution is 0.0606. The second-order valence-corrected chi connectivity index (χ2v) is 6.67. The smallest absolute Gasteiger partial charge is 0.354 e. The number of carbonyl (C=O) groups excluding carboxylic acids is 1. The third-order valence-electron chi connectivity index (χ3n) is 4.24. The van der Waals surface area contributed by atoms with Gasteiger partial charge < -0.3 is 10.0 Å². The highest BCUT2D eigenvalue weighted by atomic mass is 16.4. The number of carboxylic acids is 1. The van der Waals surface area contributed by atoms with Crippen LogP contribution in [-0.2, 0) is 0 Å². The highest BCUT2D eigenvalue weighted by Gasteiger charge is 2.30. The molecule has 5 nitrogen and oxygen atoms in total. The molecule has 1 aliphatic heterocycles. The normalized spacial score (nSPS) is 16.8. The van der Waals surface area contributed by atoms with Gasteiger partial charge >= 0.3 is 5.97 Å². The SMILES string of the molecule is CC(C)(C)C1CCN(C(=O)c2ccc(C(=O)O)nc2)CC1. The minimum atomic E-state index is -1.08. The molecule has 2 rings (SSSR count). The number of likely N-dealkylation sites (tertiary alicyclic amines) is 1. The van der Waals surface area contributed by atoms with Crippen LogP contribution in [0, 0.1) is 11.3 Å². The summed E-state index contributed by atoms with van der Waals surface area (Å²) in [5.41, 5.74) is 0.687. The highest BCUT2D eigenvalue weighted by molar-refractivity contribution is 5.94. The molecule has 1 fully saturated rings. The van der Waals surface area contributed by atoms with Crippen molar-refractivity contribution >= 4 is 11.9 Å². The van der Waals surface area contributed by atoms with Gasteiger partial charge in [0.1, 0.15) is 5.69 Å². The van der Waals surface area contributed by atoms with Crippen molar-refractivity contribution < 1.29 is 14.7 Å². The maximum Gasteiger partial charge on any atom is 0.354 e. The Hall–Kier alpha value is -1.91. The fourth-order valence-corrected chi connectivity index (χ4v) is 2.78. The van der Waals surface area contributed by atoms with E-state index in [0.29, 0.717) is 11.5 Å². The van der Waals surface area contributed by atoms with Crippen LogP contribution < -0.4 is 0 Å². The Labute approximate surface area is 125 Å². The van der Waals surface area contributed by atoms with Gasteiger partial charge in [0.2, 0.25) is 0 Å². The first-order valence-electron chi connectivity index (χ1n) is 7.27. The molecule has 0 bridgehead atoms. The molecule has 0 radical (unpaired) electrons. The Bertz CT molecular complexity index is 523. The van der Waals surface area contributed by atoms with Gasteiger partial charge in [0.05, 0.1) is 5.56 Å². The first-order valence-corrected chi connectivity index (χ1v) is 7.27. The highest BCUT2D eigenvalue weighted by Crippen LogP contribution is 2.34. The number of pyridine rings is 1. The van der Waals surface area contributed by atoms with Crippen molar-refractivity contribution in [2.24, 2.45) is 11.3 Å². The van der Waals surface area contributed by atoms with Crippen LogP contribution in [0.15, 0.2) is 18.3 Å². The molecule has 0 saturated carbocycles. The molecule has 1 aromatic rings. The van der Waals surface area contributed by atoms with Gasteiger partial charge in [0.25, 0.3) is 5.91 Å². The molecule has 5 heteroatoms. The lowest BCUT2D eigenvalue weighted by Crippen LogP contribution is -2.41. The summed E-state index contributed by atoms with van der Waals surface area (Å²) in [7, 11) is 0. The van der Waals surface area contributed by atoms with Crippen LogP contribution in [0.1, 0.15) is 54.5 Å². The summed E-state index contributed by atoms with van der Waals surface area (Å²) in [6.07, 6.45) is 3.37. The molecule has 2 heterocycles. The molecule has 1 aromatic heterocycles. The number of carbonyl (C=O) groups is 2. The van der Waals surface area contributed by atoms with Gasteiger partial charge in [-0.25, -0.2) is 9.78 Å². The first-order chi connectivity index (χ1) is 9.79. The van der Waals surface area contributed by atoms with Crippen LogP contribution in [-0.4, -0.2) is 40.0 Å². The number of hydrogen-bond donors (Lipinski definition) is 1. The van der Waals surface area contributed by atoms with Crippen molar-refractivity contribution in [2.75, 3.05) is 13.1 Å². The molecule has 0 aromatic carbocycles. The van der Waals surface area contributed by atoms with Crippen LogP contribution in [0.25, 0.3) is 0 Å². The molecule has 0 aliphatic carbocycles. The summed E-state index contributed by atoms with van der Waals surface area (Å²) >= 11 is 0. The summed E-state index contributed by atoms with van der Waals surface area (Å²) in [5.74, 6) is -0.513. The van der Waals surface area contributed by atoms with Crippen LogP contribution >= 0.6 is 0 Å². The fraction of sp³-hybridized carbons (Fsp3) is 0.562. The summed E-state index contributed by atoms with van der Waals surface area (Å²) in [5, 5.41) is 8.81. The average Bonchev–Trinajstić information content (AvgIpc) is 2.46. The zero-order valence-corrected chi connectivity index (χ0v) is 12.8. The van der Waals surface area contributed by atoms with Crippen molar-refractivity contribution in [2.45, 2.75) is 33.6 Å². The number of rotatable bonds is 2. The minimum absolute atomic E-state index is 0.0435. The molecule has 0 spiro atoms. The lowest BCUT2D eigenvalue weighted by Gasteiger charge is -2.38. The predicted molar refractivity (Wildman–Crippen MR) is 79.3 cm³/mol. The van der Waals surface area contributed by atoms with E-state index in [4.69, 9.17) is 5.11 Å².